The maximum atomic E-state index is 5.80. The lowest BCUT2D eigenvalue weighted by Gasteiger charge is -2.31. The van der Waals surface area contributed by atoms with Crippen LogP contribution in [0.25, 0.3) is 0 Å². The van der Waals surface area contributed by atoms with Crippen molar-refractivity contribution in [3.05, 3.63) is 0 Å². The van der Waals surface area contributed by atoms with E-state index in [1.807, 2.05) is 0 Å². The average Bonchev–Trinajstić information content (AvgIpc) is 3.13. The highest BCUT2D eigenvalue weighted by atomic mass is 16.6. The maximum Gasteiger partial charge on any atom is 0.104 e. The Bertz CT molecular complexity index is 242. The van der Waals surface area contributed by atoms with Crippen molar-refractivity contribution in [2.24, 2.45) is 11.8 Å². The van der Waals surface area contributed by atoms with Gasteiger partial charge in [0.2, 0.25) is 0 Å². The quantitative estimate of drug-likeness (QED) is 0.649. The second-order valence-corrected chi connectivity index (χ2v) is 5.87. The Hall–Kier alpha value is -0.160. The molecule has 0 N–H and O–H groups in total. The standard InChI is InChI=1S/C14H24O4/c1-3-12(6-17-13-7-16-8-13)4-2-11(1)5-15-9-14-10-18-14/h11-14H,1-10H2. The van der Waals surface area contributed by atoms with Gasteiger partial charge in [0, 0.05) is 13.2 Å². The molecule has 3 rings (SSSR count). The van der Waals surface area contributed by atoms with E-state index in [0.717, 1.165) is 51.5 Å². The molecular formula is C14H24O4. The van der Waals surface area contributed by atoms with E-state index in [9.17, 15) is 0 Å². The Morgan fingerprint density at radius 1 is 0.833 bits per heavy atom. The van der Waals surface area contributed by atoms with E-state index in [2.05, 4.69) is 0 Å². The van der Waals surface area contributed by atoms with E-state index >= 15 is 0 Å². The monoisotopic (exact) mass is 256 g/mol. The first-order chi connectivity index (χ1) is 8.90. The van der Waals surface area contributed by atoms with Crippen LogP contribution in [0.15, 0.2) is 0 Å². The van der Waals surface area contributed by atoms with E-state index in [1.165, 1.54) is 25.7 Å². The third-order valence-electron chi connectivity index (χ3n) is 4.20. The van der Waals surface area contributed by atoms with Crippen LogP contribution in [0.5, 0.6) is 0 Å². The van der Waals surface area contributed by atoms with Crippen LogP contribution in [0.1, 0.15) is 25.7 Å². The Balaban J connectivity index is 1.23. The van der Waals surface area contributed by atoms with Crippen LogP contribution in [0.4, 0.5) is 0 Å². The molecule has 3 fully saturated rings. The van der Waals surface area contributed by atoms with E-state index in [-0.39, 0.29) is 0 Å². The summed E-state index contributed by atoms with van der Waals surface area (Å²) in [4.78, 5) is 0. The predicted molar refractivity (Wildman–Crippen MR) is 66.6 cm³/mol. The summed E-state index contributed by atoms with van der Waals surface area (Å²) in [5, 5.41) is 0. The van der Waals surface area contributed by atoms with Gasteiger partial charge in [0.25, 0.3) is 0 Å². The van der Waals surface area contributed by atoms with Crippen molar-refractivity contribution in [3.63, 3.8) is 0 Å². The fraction of sp³-hybridized carbons (Fsp3) is 1.00. The van der Waals surface area contributed by atoms with Crippen molar-refractivity contribution >= 4 is 0 Å². The van der Waals surface area contributed by atoms with Crippen LogP contribution in [0.2, 0.25) is 0 Å². The van der Waals surface area contributed by atoms with E-state index in [4.69, 9.17) is 18.9 Å². The molecular weight excluding hydrogens is 232 g/mol. The van der Waals surface area contributed by atoms with Crippen LogP contribution in [-0.4, -0.2) is 51.8 Å². The summed E-state index contributed by atoms with van der Waals surface area (Å²) in [5.74, 6) is 1.51. The first-order valence-electron chi connectivity index (χ1n) is 7.29. The van der Waals surface area contributed by atoms with Crippen molar-refractivity contribution in [2.45, 2.75) is 37.9 Å². The predicted octanol–water partition coefficient (Wildman–Crippen LogP) is 1.62. The molecule has 2 heterocycles. The summed E-state index contributed by atoms with van der Waals surface area (Å²) in [7, 11) is 0. The van der Waals surface area contributed by atoms with Crippen molar-refractivity contribution in [2.75, 3.05) is 39.6 Å². The maximum absolute atomic E-state index is 5.80. The van der Waals surface area contributed by atoms with Crippen molar-refractivity contribution in [1.82, 2.24) is 0 Å². The van der Waals surface area contributed by atoms with Gasteiger partial charge >= 0.3 is 0 Å². The van der Waals surface area contributed by atoms with Gasteiger partial charge < -0.3 is 18.9 Å². The molecule has 2 aliphatic heterocycles. The van der Waals surface area contributed by atoms with Gasteiger partial charge in [-0.15, -0.1) is 0 Å². The third-order valence-corrected chi connectivity index (χ3v) is 4.20. The number of hydrogen-bond donors (Lipinski definition) is 0. The smallest absolute Gasteiger partial charge is 0.104 e. The van der Waals surface area contributed by atoms with E-state index in [0.29, 0.717) is 12.2 Å². The molecule has 0 aromatic rings. The molecule has 1 aliphatic carbocycles. The third kappa shape index (κ3) is 3.92. The average molecular weight is 256 g/mol. The summed E-state index contributed by atoms with van der Waals surface area (Å²) < 4.78 is 21.7. The zero-order chi connectivity index (χ0) is 12.2. The molecule has 1 unspecified atom stereocenters. The Morgan fingerprint density at radius 2 is 1.50 bits per heavy atom. The molecule has 104 valence electrons. The Kier molecular flexibility index (Phi) is 4.52. The topological polar surface area (TPSA) is 40.2 Å². The highest BCUT2D eigenvalue weighted by molar-refractivity contribution is 4.74. The van der Waals surface area contributed by atoms with E-state index in [1.54, 1.807) is 0 Å². The first kappa shape index (κ1) is 12.9. The molecule has 1 atom stereocenters. The molecule has 0 bridgehead atoms. The molecule has 1 saturated carbocycles. The van der Waals surface area contributed by atoms with Gasteiger partial charge in [-0.25, -0.2) is 0 Å². The summed E-state index contributed by atoms with van der Waals surface area (Å²) in [6, 6.07) is 0. The zero-order valence-electron chi connectivity index (χ0n) is 11.0. The van der Waals surface area contributed by atoms with Gasteiger partial charge in [-0.2, -0.15) is 0 Å². The summed E-state index contributed by atoms with van der Waals surface area (Å²) >= 11 is 0. The number of ether oxygens (including phenoxy) is 4. The molecule has 0 radical (unpaired) electrons. The molecule has 4 nitrogen and oxygen atoms in total. The second kappa shape index (κ2) is 6.33. The molecule has 0 aromatic heterocycles. The largest absolute Gasteiger partial charge is 0.378 e. The van der Waals surface area contributed by atoms with Gasteiger partial charge in [-0.1, -0.05) is 0 Å². The zero-order valence-corrected chi connectivity index (χ0v) is 11.0. The molecule has 4 heteroatoms. The van der Waals surface area contributed by atoms with Crippen LogP contribution in [-0.2, 0) is 18.9 Å². The molecule has 3 aliphatic rings. The van der Waals surface area contributed by atoms with Crippen LogP contribution >= 0.6 is 0 Å². The Morgan fingerprint density at radius 3 is 2.06 bits per heavy atom. The lowest BCUT2D eigenvalue weighted by Crippen LogP contribution is -2.37. The first-order valence-corrected chi connectivity index (χ1v) is 7.29. The highest BCUT2D eigenvalue weighted by Gasteiger charge is 2.26. The van der Waals surface area contributed by atoms with Crippen LogP contribution < -0.4 is 0 Å². The van der Waals surface area contributed by atoms with Crippen molar-refractivity contribution in [3.8, 4) is 0 Å². The summed E-state index contributed by atoms with van der Waals surface area (Å²) in [5.41, 5.74) is 0. The fourth-order valence-corrected chi connectivity index (χ4v) is 2.68. The minimum atomic E-state index is 0.379. The molecule has 0 spiro atoms. The summed E-state index contributed by atoms with van der Waals surface area (Å²) in [6.45, 7) is 5.14. The van der Waals surface area contributed by atoms with Gasteiger partial charge in [-0.05, 0) is 37.5 Å². The lowest BCUT2D eigenvalue weighted by molar-refractivity contribution is -0.138. The normalized spacial score (nSPS) is 36.3. The van der Waals surface area contributed by atoms with Gasteiger partial charge in [0.15, 0.2) is 0 Å². The number of epoxide rings is 1. The Labute approximate surface area is 109 Å². The minimum absolute atomic E-state index is 0.379. The second-order valence-electron chi connectivity index (χ2n) is 5.87. The fourth-order valence-electron chi connectivity index (χ4n) is 2.68. The van der Waals surface area contributed by atoms with Crippen molar-refractivity contribution in [1.29, 1.82) is 0 Å². The SMILES string of the molecule is C1CC(COC2COC2)CCC1COCC1CO1. The summed E-state index contributed by atoms with van der Waals surface area (Å²) in [6.07, 6.45) is 5.95. The highest BCUT2D eigenvalue weighted by Crippen LogP contribution is 2.29. The van der Waals surface area contributed by atoms with Gasteiger partial charge in [0.05, 0.1) is 26.4 Å². The van der Waals surface area contributed by atoms with E-state index < -0.39 is 0 Å². The number of hydrogen-bond acceptors (Lipinski definition) is 4. The van der Waals surface area contributed by atoms with Gasteiger partial charge in [0.1, 0.15) is 12.2 Å². The molecule has 0 amide bonds. The lowest BCUT2D eigenvalue weighted by atomic mass is 9.83. The van der Waals surface area contributed by atoms with Gasteiger partial charge in [-0.3, -0.25) is 0 Å². The number of rotatable bonds is 7. The molecule has 2 saturated heterocycles. The molecule has 0 aromatic carbocycles. The van der Waals surface area contributed by atoms with Crippen LogP contribution in [0, 0.1) is 11.8 Å². The molecule has 18 heavy (non-hydrogen) atoms. The minimum Gasteiger partial charge on any atom is -0.378 e. The van der Waals surface area contributed by atoms with Crippen molar-refractivity contribution < 1.29 is 18.9 Å². The van der Waals surface area contributed by atoms with Crippen LogP contribution in [0.3, 0.4) is 0 Å².